The summed E-state index contributed by atoms with van der Waals surface area (Å²) in [5.74, 6) is 0.830. The summed E-state index contributed by atoms with van der Waals surface area (Å²) in [5.41, 5.74) is 0.442. The fourth-order valence-corrected chi connectivity index (χ4v) is 2.08. The van der Waals surface area contributed by atoms with Crippen molar-refractivity contribution in [3.8, 4) is 0 Å². The summed E-state index contributed by atoms with van der Waals surface area (Å²) in [7, 11) is 0. The highest BCUT2D eigenvalue weighted by molar-refractivity contribution is 4.81. The normalized spacial score (nSPS) is 28.0. The van der Waals surface area contributed by atoms with E-state index >= 15 is 0 Å². The van der Waals surface area contributed by atoms with E-state index in [0.717, 1.165) is 19.0 Å². The third-order valence-corrected chi connectivity index (χ3v) is 3.85. The molecule has 0 radical (unpaired) electrons. The lowest BCUT2D eigenvalue weighted by molar-refractivity contribution is 0.267. The van der Waals surface area contributed by atoms with Crippen LogP contribution in [0.15, 0.2) is 0 Å². The van der Waals surface area contributed by atoms with Crippen LogP contribution in [-0.4, -0.2) is 25.7 Å². The quantitative estimate of drug-likeness (QED) is 0.731. The van der Waals surface area contributed by atoms with E-state index < -0.39 is 0 Å². The molecule has 2 nitrogen and oxygen atoms in total. The predicted molar refractivity (Wildman–Crippen MR) is 67.1 cm³/mol. The summed E-state index contributed by atoms with van der Waals surface area (Å²) in [4.78, 5) is 0. The molecule has 15 heavy (non-hydrogen) atoms. The van der Waals surface area contributed by atoms with Gasteiger partial charge in [-0.3, -0.25) is 0 Å². The van der Waals surface area contributed by atoms with Crippen LogP contribution >= 0.6 is 0 Å². The van der Waals surface area contributed by atoms with E-state index in [9.17, 15) is 0 Å². The van der Waals surface area contributed by atoms with Crippen LogP contribution < -0.4 is 10.6 Å². The van der Waals surface area contributed by atoms with Crippen molar-refractivity contribution in [3.63, 3.8) is 0 Å². The molecule has 0 spiro atoms. The minimum atomic E-state index is 0.442. The average Bonchev–Trinajstić information content (AvgIpc) is 2.21. The zero-order valence-electron chi connectivity index (χ0n) is 10.9. The molecule has 0 aliphatic carbocycles. The summed E-state index contributed by atoms with van der Waals surface area (Å²) >= 11 is 0. The van der Waals surface area contributed by atoms with Crippen molar-refractivity contribution in [2.24, 2.45) is 11.3 Å². The number of nitrogens with one attached hydrogen (secondary N) is 2. The van der Waals surface area contributed by atoms with Gasteiger partial charge in [-0.1, -0.05) is 27.7 Å². The van der Waals surface area contributed by atoms with Gasteiger partial charge in [0, 0.05) is 19.1 Å². The first kappa shape index (κ1) is 13.0. The van der Waals surface area contributed by atoms with Crippen molar-refractivity contribution >= 4 is 0 Å². The van der Waals surface area contributed by atoms with Gasteiger partial charge in [0.1, 0.15) is 0 Å². The average molecular weight is 212 g/mol. The van der Waals surface area contributed by atoms with Crippen molar-refractivity contribution in [2.45, 2.75) is 53.0 Å². The first-order valence-corrected chi connectivity index (χ1v) is 6.49. The molecule has 0 bridgehead atoms. The molecule has 0 aromatic rings. The summed E-state index contributed by atoms with van der Waals surface area (Å²) in [6, 6.07) is 0.686. The van der Waals surface area contributed by atoms with E-state index in [4.69, 9.17) is 0 Å². The molecular weight excluding hydrogens is 184 g/mol. The number of hydrogen-bond acceptors (Lipinski definition) is 2. The fraction of sp³-hybridized carbons (Fsp3) is 1.00. The van der Waals surface area contributed by atoms with E-state index in [0.29, 0.717) is 11.5 Å². The van der Waals surface area contributed by atoms with Crippen LogP contribution in [0.2, 0.25) is 0 Å². The fourth-order valence-electron chi connectivity index (χ4n) is 2.08. The molecule has 1 heterocycles. The molecular formula is C13H28N2. The van der Waals surface area contributed by atoms with Crippen molar-refractivity contribution in [3.05, 3.63) is 0 Å². The topological polar surface area (TPSA) is 24.1 Å². The first-order chi connectivity index (χ1) is 7.05. The monoisotopic (exact) mass is 212 g/mol. The third kappa shape index (κ3) is 4.52. The zero-order chi connectivity index (χ0) is 11.3. The standard InChI is InChI=1S/C13H28N2/c1-5-13(3,4)10-14-9-12-11(2)7-6-8-15-12/h11-12,14-15H,5-10H2,1-4H3. The van der Waals surface area contributed by atoms with E-state index in [1.807, 2.05) is 0 Å². The maximum Gasteiger partial charge on any atom is 0.0218 e. The van der Waals surface area contributed by atoms with Crippen LogP contribution in [0.3, 0.4) is 0 Å². The van der Waals surface area contributed by atoms with Gasteiger partial charge in [0.15, 0.2) is 0 Å². The van der Waals surface area contributed by atoms with Crippen molar-refractivity contribution < 1.29 is 0 Å². The van der Waals surface area contributed by atoms with E-state index in [-0.39, 0.29) is 0 Å². The summed E-state index contributed by atoms with van der Waals surface area (Å²) in [6.07, 6.45) is 3.97. The van der Waals surface area contributed by atoms with Crippen molar-refractivity contribution in [1.82, 2.24) is 10.6 Å². The molecule has 1 rings (SSSR count). The Bertz CT molecular complexity index is 177. The maximum absolute atomic E-state index is 3.61. The lowest BCUT2D eigenvalue weighted by Gasteiger charge is -2.32. The largest absolute Gasteiger partial charge is 0.315 e. The molecule has 2 N–H and O–H groups in total. The summed E-state index contributed by atoms with van der Waals surface area (Å²) in [5, 5.41) is 7.22. The Kier molecular flexibility index (Phi) is 5.07. The molecule has 0 aromatic carbocycles. The number of piperidine rings is 1. The highest BCUT2D eigenvalue weighted by Gasteiger charge is 2.21. The molecule has 1 aliphatic rings. The Hall–Kier alpha value is -0.0800. The molecule has 2 atom stereocenters. The van der Waals surface area contributed by atoms with E-state index in [2.05, 4.69) is 38.3 Å². The van der Waals surface area contributed by atoms with E-state index in [1.165, 1.54) is 25.8 Å². The predicted octanol–water partition coefficient (Wildman–Crippen LogP) is 2.40. The first-order valence-electron chi connectivity index (χ1n) is 6.49. The number of rotatable bonds is 5. The second-order valence-corrected chi connectivity index (χ2v) is 5.83. The molecule has 1 saturated heterocycles. The molecule has 1 aliphatic heterocycles. The van der Waals surface area contributed by atoms with Crippen LogP contribution in [0.25, 0.3) is 0 Å². The third-order valence-electron chi connectivity index (χ3n) is 3.85. The van der Waals surface area contributed by atoms with Gasteiger partial charge in [-0.2, -0.15) is 0 Å². The molecule has 1 fully saturated rings. The lowest BCUT2D eigenvalue weighted by Crippen LogP contribution is -2.47. The van der Waals surface area contributed by atoms with Crippen LogP contribution in [0, 0.1) is 11.3 Å². The molecule has 2 unspecified atom stereocenters. The second-order valence-electron chi connectivity index (χ2n) is 5.83. The van der Waals surface area contributed by atoms with Crippen molar-refractivity contribution in [2.75, 3.05) is 19.6 Å². The van der Waals surface area contributed by atoms with Crippen LogP contribution in [-0.2, 0) is 0 Å². The van der Waals surface area contributed by atoms with Crippen LogP contribution in [0.4, 0.5) is 0 Å². The minimum Gasteiger partial charge on any atom is -0.315 e. The van der Waals surface area contributed by atoms with Gasteiger partial charge in [-0.25, -0.2) is 0 Å². The molecule has 0 aromatic heterocycles. The molecule has 90 valence electrons. The van der Waals surface area contributed by atoms with Crippen LogP contribution in [0.5, 0.6) is 0 Å². The highest BCUT2D eigenvalue weighted by atomic mass is 15.0. The SMILES string of the molecule is CCC(C)(C)CNCC1NCCCC1C. The Labute approximate surface area is 95.2 Å². The second kappa shape index (κ2) is 5.86. The van der Waals surface area contributed by atoms with Gasteiger partial charge in [0.2, 0.25) is 0 Å². The van der Waals surface area contributed by atoms with E-state index in [1.54, 1.807) is 0 Å². The Balaban J connectivity index is 2.19. The zero-order valence-corrected chi connectivity index (χ0v) is 10.9. The van der Waals surface area contributed by atoms with Gasteiger partial charge >= 0.3 is 0 Å². The van der Waals surface area contributed by atoms with Gasteiger partial charge in [0.05, 0.1) is 0 Å². The smallest absolute Gasteiger partial charge is 0.0218 e. The minimum absolute atomic E-state index is 0.442. The van der Waals surface area contributed by atoms with Gasteiger partial charge in [-0.05, 0) is 37.1 Å². The number of hydrogen-bond donors (Lipinski definition) is 2. The molecule has 0 amide bonds. The van der Waals surface area contributed by atoms with Gasteiger partial charge in [0.25, 0.3) is 0 Å². The van der Waals surface area contributed by atoms with Gasteiger partial charge in [-0.15, -0.1) is 0 Å². The Morgan fingerprint density at radius 3 is 2.73 bits per heavy atom. The van der Waals surface area contributed by atoms with Gasteiger partial charge < -0.3 is 10.6 Å². The summed E-state index contributed by atoms with van der Waals surface area (Å²) in [6.45, 7) is 12.8. The molecule has 2 heteroatoms. The lowest BCUT2D eigenvalue weighted by atomic mass is 9.89. The Morgan fingerprint density at radius 2 is 2.13 bits per heavy atom. The van der Waals surface area contributed by atoms with Crippen molar-refractivity contribution in [1.29, 1.82) is 0 Å². The maximum atomic E-state index is 3.61. The Morgan fingerprint density at radius 1 is 1.40 bits per heavy atom. The summed E-state index contributed by atoms with van der Waals surface area (Å²) < 4.78 is 0. The van der Waals surface area contributed by atoms with Crippen LogP contribution in [0.1, 0.15) is 47.0 Å². The molecule has 0 saturated carbocycles. The highest BCUT2D eigenvalue weighted by Crippen LogP contribution is 2.18.